The van der Waals surface area contributed by atoms with Crippen molar-refractivity contribution in [2.24, 2.45) is 0 Å². The molecule has 0 N–H and O–H groups in total. The number of halogens is 3. The van der Waals surface area contributed by atoms with Crippen molar-refractivity contribution in [1.82, 2.24) is 15.0 Å². The molecule has 0 aliphatic carbocycles. The summed E-state index contributed by atoms with van der Waals surface area (Å²) in [5.74, 6) is -1.47. The second kappa shape index (κ2) is 8.40. The van der Waals surface area contributed by atoms with Crippen molar-refractivity contribution in [2.45, 2.75) is 17.6 Å². The summed E-state index contributed by atoms with van der Waals surface area (Å²) in [6.45, 7) is 1.74. The number of ether oxygens (including phenoxy) is 1. The first-order chi connectivity index (χ1) is 15.2. The molecule has 4 rings (SSSR count). The Kier molecular flexibility index (Phi) is 5.79. The van der Waals surface area contributed by atoms with E-state index < -0.39 is 27.5 Å². The molecule has 0 unspecified atom stereocenters. The molecule has 0 spiro atoms. The van der Waals surface area contributed by atoms with Gasteiger partial charge in [0.15, 0.2) is 9.84 Å². The van der Waals surface area contributed by atoms with Gasteiger partial charge in [-0.3, -0.25) is 0 Å². The average molecular weight is 476 g/mol. The molecule has 0 bridgehead atoms. The van der Waals surface area contributed by atoms with Gasteiger partial charge in [0.1, 0.15) is 11.6 Å². The van der Waals surface area contributed by atoms with Crippen LogP contribution >= 0.6 is 11.6 Å². The first-order valence-corrected chi connectivity index (χ1v) is 11.4. The number of fused-ring (bicyclic) bond motifs is 1. The number of methoxy groups -OCH3 is 1. The van der Waals surface area contributed by atoms with Gasteiger partial charge in [-0.25, -0.2) is 27.8 Å². The van der Waals surface area contributed by atoms with Crippen LogP contribution in [0, 0.1) is 18.8 Å². The number of rotatable bonds is 5. The van der Waals surface area contributed by atoms with E-state index in [1.807, 2.05) is 0 Å². The Bertz CT molecular complexity index is 1460. The summed E-state index contributed by atoms with van der Waals surface area (Å²) in [7, 11) is -2.60. The molecule has 0 amide bonds. The second-order valence-corrected chi connectivity index (χ2v) is 9.40. The third-order valence-corrected chi connectivity index (χ3v) is 6.98. The molecular weight excluding hydrogens is 460 g/mol. The van der Waals surface area contributed by atoms with E-state index in [0.717, 1.165) is 6.07 Å². The number of aromatic nitrogens is 3. The van der Waals surface area contributed by atoms with Gasteiger partial charge in [0, 0.05) is 17.1 Å². The SMILES string of the molecule is COc1nc(CS(=O)(=O)c2ccccc2Cl)c(F)cc1-c1cc(C)c2nc(F)ncc2c1. The van der Waals surface area contributed by atoms with E-state index >= 15 is 0 Å². The van der Waals surface area contributed by atoms with Gasteiger partial charge in [-0.05, 0) is 48.4 Å². The molecule has 0 aliphatic heterocycles. The lowest BCUT2D eigenvalue weighted by atomic mass is 10.0. The van der Waals surface area contributed by atoms with Gasteiger partial charge in [0.2, 0.25) is 5.88 Å². The van der Waals surface area contributed by atoms with Crippen LogP contribution in [-0.4, -0.2) is 30.5 Å². The number of hydrogen-bond acceptors (Lipinski definition) is 6. The summed E-state index contributed by atoms with van der Waals surface area (Å²) in [5, 5.41) is 0.594. The predicted octanol–water partition coefficient (Wildman–Crippen LogP) is 4.91. The summed E-state index contributed by atoms with van der Waals surface area (Å²) < 4.78 is 59.2. The van der Waals surface area contributed by atoms with E-state index in [-0.39, 0.29) is 21.5 Å². The van der Waals surface area contributed by atoms with Crippen molar-refractivity contribution >= 4 is 32.3 Å². The van der Waals surface area contributed by atoms with E-state index in [9.17, 15) is 17.2 Å². The van der Waals surface area contributed by atoms with Gasteiger partial charge in [-0.1, -0.05) is 23.7 Å². The fourth-order valence-electron chi connectivity index (χ4n) is 3.38. The van der Waals surface area contributed by atoms with Crippen molar-refractivity contribution in [3.8, 4) is 17.0 Å². The highest BCUT2D eigenvalue weighted by Crippen LogP contribution is 2.34. The minimum Gasteiger partial charge on any atom is -0.481 e. The van der Waals surface area contributed by atoms with Crippen molar-refractivity contribution in [3.05, 3.63) is 76.8 Å². The lowest BCUT2D eigenvalue weighted by Gasteiger charge is -2.13. The topological polar surface area (TPSA) is 82.0 Å². The van der Waals surface area contributed by atoms with Crippen LogP contribution in [0.15, 0.2) is 53.6 Å². The monoisotopic (exact) mass is 475 g/mol. The molecule has 2 heterocycles. The maximum absolute atomic E-state index is 15.0. The molecule has 0 saturated heterocycles. The Balaban J connectivity index is 1.79. The second-order valence-electron chi connectivity index (χ2n) is 7.03. The largest absolute Gasteiger partial charge is 0.481 e. The van der Waals surface area contributed by atoms with Gasteiger partial charge in [-0.2, -0.15) is 4.39 Å². The van der Waals surface area contributed by atoms with Crippen LogP contribution in [0.25, 0.3) is 22.0 Å². The normalized spacial score (nSPS) is 11.7. The summed E-state index contributed by atoms with van der Waals surface area (Å²) in [5.41, 5.74) is 1.61. The minimum absolute atomic E-state index is 0.0394. The Morgan fingerprint density at radius 2 is 1.84 bits per heavy atom. The molecule has 2 aromatic carbocycles. The standard InChI is InChI=1S/C22H16ClF2N3O3S/c1-12-7-13(8-14-10-26-22(25)28-20(12)14)15-9-17(24)18(27-21(15)31-2)11-32(29,30)19-6-4-3-5-16(19)23/h3-10H,11H2,1-2H3. The third kappa shape index (κ3) is 4.13. The van der Waals surface area contributed by atoms with Gasteiger partial charge in [0.05, 0.1) is 28.2 Å². The first-order valence-electron chi connectivity index (χ1n) is 9.33. The fourth-order valence-corrected chi connectivity index (χ4v) is 5.24. The molecule has 2 aromatic heterocycles. The lowest BCUT2D eigenvalue weighted by Crippen LogP contribution is -2.10. The first kappa shape index (κ1) is 22.0. The quantitative estimate of drug-likeness (QED) is 0.381. The summed E-state index contributed by atoms with van der Waals surface area (Å²) in [6, 6.07) is 10.4. The fraction of sp³-hybridized carbons (Fsp3) is 0.136. The Morgan fingerprint density at radius 1 is 1.09 bits per heavy atom. The Labute approximate surface area is 187 Å². The highest BCUT2D eigenvalue weighted by molar-refractivity contribution is 7.90. The molecule has 10 heteroatoms. The van der Waals surface area contributed by atoms with Crippen LogP contribution in [0.2, 0.25) is 5.02 Å². The highest BCUT2D eigenvalue weighted by Gasteiger charge is 2.23. The summed E-state index contributed by atoms with van der Waals surface area (Å²) in [4.78, 5) is 11.4. The van der Waals surface area contributed by atoms with Crippen molar-refractivity contribution in [1.29, 1.82) is 0 Å². The van der Waals surface area contributed by atoms with Crippen molar-refractivity contribution < 1.29 is 21.9 Å². The molecule has 4 aromatic rings. The van der Waals surface area contributed by atoms with Crippen LogP contribution in [-0.2, 0) is 15.6 Å². The average Bonchev–Trinajstić information content (AvgIpc) is 2.75. The molecule has 6 nitrogen and oxygen atoms in total. The van der Waals surface area contributed by atoms with Crippen LogP contribution in [0.3, 0.4) is 0 Å². The zero-order chi connectivity index (χ0) is 23.0. The van der Waals surface area contributed by atoms with E-state index in [0.29, 0.717) is 27.6 Å². The molecule has 32 heavy (non-hydrogen) atoms. The predicted molar refractivity (Wildman–Crippen MR) is 116 cm³/mol. The smallest absolute Gasteiger partial charge is 0.309 e. The molecule has 0 radical (unpaired) electrons. The van der Waals surface area contributed by atoms with Gasteiger partial charge < -0.3 is 4.74 Å². The van der Waals surface area contributed by atoms with E-state index in [4.69, 9.17) is 16.3 Å². The zero-order valence-corrected chi connectivity index (χ0v) is 18.5. The Morgan fingerprint density at radius 3 is 2.56 bits per heavy atom. The maximum atomic E-state index is 15.0. The lowest BCUT2D eigenvalue weighted by molar-refractivity contribution is 0.396. The molecular formula is C22H16ClF2N3O3S. The number of nitrogens with zero attached hydrogens (tertiary/aromatic N) is 3. The van der Waals surface area contributed by atoms with Crippen molar-refractivity contribution in [3.63, 3.8) is 0 Å². The number of sulfone groups is 1. The highest BCUT2D eigenvalue weighted by atomic mass is 35.5. The van der Waals surface area contributed by atoms with E-state index in [1.165, 1.54) is 31.5 Å². The molecule has 0 fully saturated rings. The van der Waals surface area contributed by atoms with Gasteiger partial charge in [-0.15, -0.1) is 0 Å². The maximum Gasteiger partial charge on any atom is 0.309 e. The summed E-state index contributed by atoms with van der Waals surface area (Å²) >= 11 is 6.00. The van der Waals surface area contributed by atoms with Gasteiger partial charge >= 0.3 is 6.08 Å². The third-order valence-electron chi connectivity index (χ3n) is 4.86. The van der Waals surface area contributed by atoms with E-state index in [1.54, 1.807) is 25.1 Å². The zero-order valence-electron chi connectivity index (χ0n) is 16.9. The molecule has 0 saturated carbocycles. The Hall–Kier alpha value is -3.17. The number of pyridine rings is 1. The van der Waals surface area contributed by atoms with E-state index in [2.05, 4.69) is 15.0 Å². The van der Waals surface area contributed by atoms with Crippen LogP contribution < -0.4 is 4.74 Å². The minimum atomic E-state index is -3.95. The van der Waals surface area contributed by atoms with Crippen LogP contribution in [0.4, 0.5) is 8.78 Å². The number of aryl methyl sites for hydroxylation is 1. The number of benzene rings is 2. The van der Waals surface area contributed by atoms with Gasteiger partial charge in [0.25, 0.3) is 0 Å². The molecule has 0 aliphatic rings. The van der Waals surface area contributed by atoms with Crippen LogP contribution in [0.1, 0.15) is 11.3 Å². The summed E-state index contributed by atoms with van der Waals surface area (Å²) in [6.07, 6.45) is 0.484. The van der Waals surface area contributed by atoms with Crippen molar-refractivity contribution in [2.75, 3.05) is 7.11 Å². The number of hydrogen-bond donors (Lipinski definition) is 0. The molecule has 164 valence electrons. The van der Waals surface area contributed by atoms with Crippen LogP contribution in [0.5, 0.6) is 5.88 Å². The molecule has 0 atom stereocenters.